The summed E-state index contributed by atoms with van der Waals surface area (Å²) in [7, 11) is 0. The van der Waals surface area contributed by atoms with Crippen LogP contribution in [0.25, 0.3) is 0 Å². The zero-order valence-electron chi connectivity index (χ0n) is 9.12. The number of rotatable bonds is 3. The summed E-state index contributed by atoms with van der Waals surface area (Å²) in [5, 5.41) is 9.57. The molecular weight excluding hydrogens is 176 g/mol. The van der Waals surface area contributed by atoms with Crippen molar-refractivity contribution < 1.29 is 9.90 Å². The lowest BCUT2D eigenvalue weighted by Gasteiger charge is -2.24. The molecule has 2 saturated carbocycles. The second-order valence-corrected chi connectivity index (χ2v) is 5.62. The maximum atomic E-state index is 11.6. The lowest BCUT2D eigenvalue weighted by atomic mass is 9.82. The third-order valence-corrected chi connectivity index (χ3v) is 4.01. The summed E-state index contributed by atoms with van der Waals surface area (Å²) in [4.78, 5) is 11.6. The first-order valence-corrected chi connectivity index (χ1v) is 5.72. The van der Waals surface area contributed by atoms with E-state index in [2.05, 4.69) is 0 Å². The smallest absolute Gasteiger partial charge is 0.164 e. The number of aliphatic hydroxyl groups is 1. The van der Waals surface area contributed by atoms with Crippen LogP contribution in [0, 0.1) is 17.8 Å². The summed E-state index contributed by atoms with van der Waals surface area (Å²) in [5.74, 6) is 2.27. The van der Waals surface area contributed by atoms with E-state index in [0.717, 1.165) is 11.8 Å². The third kappa shape index (κ3) is 1.85. The maximum Gasteiger partial charge on any atom is 0.164 e. The molecule has 0 heterocycles. The molecule has 2 aliphatic rings. The van der Waals surface area contributed by atoms with E-state index >= 15 is 0 Å². The zero-order valence-corrected chi connectivity index (χ0v) is 9.12. The van der Waals surface area contributed by atoms with Crippen molar-refractivity contribution in [3.8, 4) is 0 Å². The Kier molecular flexibility index (Phi) is 2.42. The predicted molar refractivity (Wildman–Crippen MR) is 54.9 cm³/mol. The Morgan fingerprint density at radius 2 is 2.07 bits per heavy atom. The molecule has 2 aliphatic carbocycles. The molecule has 0 aromatic carbocycles. The molecule has 80 valence electrons. The van der Waals surface area contributed by atoms with Gasteiger partial charge in [-0.05, 0) is 50.9 Å². The maximum absolute atomic E-state index is 11.6. The molecule has 0 spiro atoms. The van der Waals surface area contributed by atoms with Crippen LogP contribution in [0.5, 0.6) is 0 Å². The Labute approximate surface area is 85.7 Å². The monoisotopic (exact) mass is 196 g/mol. The highest BCUT2D eigenvalue weighted by molar-refractivity contribution is 5.86. The number of hydrogen-bond donors (Lipinski definition) is 1. The molecular formula is C12H20O2. The van der Waals surface area contributed by atoms with Gasteiger partial charge in [0.25, 0.3) is 0 Å². The first-order valence-electron chi connectivity index (χ1n) is 5.72. The Morgan fingerprint density at radius 3 is 2.50 bits per heavy atom. The van der Waals surface area contributed by atoms with Crippen molar-refractivity contribution in [2.24, 2.45) is 17.8 Å². The average molecular weight is 196 g/mol. The van der Waals surface area contributed by atoms with Crippen molar-refractivity contribution in [3.05, 3.63) is 0 Å². The quantitative estimate of drug-likeness (QED) is 0.751. The topological polar surface area (TPSA) is 37.3 Å². The van der Waals surface area contributed by atoms with Gasteiger partial charge in [0, 0.05) is 6.42 Å². The molecule has 3 atom stereocenters. The van der Waals surface area contributed by atoms with E-state index < -0.39 is 5.60 Å². The molecule has 0 radical (unpaired) electrons. The zero-order chi connectivity index (χ0) is 10.3. The molecule has 14 heavy (non-hydrogen) atoms. The lowest BCUT2D eigenvalue weighted by molar-refractivity contribution is -0.135. The summed E-state index contributed by atoms with van der Waals surface area (Å²) in [6, 6.07) is 0. The second-order valence-electron chi connectivity index (χ2n) is 5.62. The van der Waals surface area contributed by atoms with Gasteiger partial charge in [-0.1, -0.05) is 6.42 Å². The van der Waals surface area contributed by atoms with Crippen molar-refractivity contribution in [2.75, 3.05) is 0 Å². The largest absolute Gasteiger partial charge is 0.383 e. The first kappa shape index (κ1) is 10.2. The predicted octanol–water partition coefficient (Wildman–Crippen LogP) is 2.15. The number of Topliss-reactive ketones (excluding diaryl/α,β-unsaturated/α-hetero) is 1. The van der Waals surface area contributed by atoms with Crippen LogP contribution in [0.3, 0.4) is 0 Å². The van der Waals surface area contributed by atoms with Crippen LogP contribution in [0.2, 0.25) is 0 Å². The number of carbonyl (C=O) groups excluding carboxylic acids is 1. The van der Waals surface area contributed by atoms with Gasteiger partial charge in [-0.3, -0.25) is 4.79 Å². The molecule has 2 bridgehead atoms. The van der Waals surface area contributed by atoms with Crippen molar-refractivity contribution in [2.45, 2.75) is 51.6 Å². The van der Waals surface area contributed by atoms with Crippen LogP contribution in [0.15, 0.2) is 0 Å². The molecule has 2 rings (SSSR count). The first-order chi connectivity index (χ1) is 6.47. The Balaban J connectivity index is 1.90. The summed E-state index contributed by atoms with van der Waals surface area (Å²) >= 11 is 0. The molecule has 2 fully saturated rings. The van der Waals surface area contributed by atoms with Crippen molar-refractivity contribution in [1.82, 2.24) is 0 Å². The molecule has 2 heteroatoms. The van der Waals surface area contributed by atoms with Gasteiger partial charge in [0.1, 0.15) is 5.60 Å². The molecule has 0 aliphatic heterocycles. The van der Waals surface area contributed by atoms with E-state index in [1.165, 1.54) is 25.7 Å². The van der Waals surface area contributed by atoms with Crippen molar-refractivity contribution >= 4 is 5.78 Å². The van der Waals surface area contributed by atoms with E-state index in [-0.39, 0.29) is 5.78 Å². The Morgan fingerprint density at radius 1 is 1.36 bits per heavy atom. The van der Waals surface area contributed by atoms with Gasteiger partial charge >= 0.3 is 0 Å². The molecule has 3 unspecified atom stereocenters. The van der Waals surface area contributed by atoms with Crippen molar-refractivity contribution in [1.29, 1.82) is 0 Å². The fraction of sp³-hybridized carbons (Fsp3) is 0.917. The van der Waals surface area contributed by atoms with E-state index in [1.807, 2.05) is 0 Å². The van der Waals surface area contributed by atoms with Crippen molar-refractivity contribution in [3.63, 3.8) is 0 Å². The van der Waals surface area contributed by atoms with Crippen LogP contribution in [0.4, 0.5) is 0 Å². The fourth-order valence-corrected chi connectivity index (χ4v) is 3.11. The van der Waals surface area contributed by atoms with Crippen LogP contribution < -0.4 is 0 Å². The molecule has 1 N–H and O–H groups in total. The Bertz CT molecular complexity index is 239. The lowest BCUT2D eigenvalue weighted by Crippen LogP contribution is -2.33. The SMILES string of the molecule is CC(C)(O)C(=O)CC1CC2CCC1C2. The second kappa shape index (κ2) is 3.34. The van der Waals surface area contributed by atoms with Crippen LogP contribution in [-0.4, -0.2) is 16.5 Å². The fourth-order valence-electron chi connectivity index (χ4n) is 3.11. The number of hydrogen-bond acceptors (Lipinski definition) is 2. The van der Waals surface area contributed by atoms with Gasteiger partial charge in [0.15, 0.2) is 5.78 Å². The van der Waals surface area contributed by atoms with Crippen LogP contribution in [0.1, 0.15) is 46.0 Å². The van der Waals surface area contributed by atoms with Gasteiger partial charge in [-0.2, -0.15) is 0 Å². The van der Waals surface area contributed by atoms with Gasteiger partial charge in [0.05, 0.1) is 0 Å². The van der Waals surface area contributed by atoms with Crippen LogP contribution >= 0.6 is 0 Å². The number of ketones is 1. The Hall–Kier alpha value is -0.370. The van der Waals surface area contributed by atoms with Gasteiger partial charge in [-0.15, -0.1) is 0 Å². The van der Waals surface area contributed by atoms with Gasteiger partial charge < -0.3 is 5.11 Å². The van der Waals surface area contributed by atoms with Gasteiger partial charge in [-0.25, -0.2) is 0 Å². The highest BCUT2D eigenvalue weighted by atomic mass is 16.3. The number of carbonyl (C=O) groups is 1. The molecule has 0 amide bonds. The van der Waals surface area contributed by atoms with E-state index in [1.54, 1.807) is 13.8 Å². The summed E-state index contributed by atoms with van der Waals surface area (Å²) in [6.07, 6.45) is 5.85. The summed E-state index contributed by atoms with van der Waals surface area (Å²) in [6.45, 7) is 3.20. The average Bonchev–Trinajstić information content (AvgIpc) is 2.62. The van der Waals surface area contributed by atoms with Crippen LogP contribution in [-0.2, 0) is 4.79 Å². The standard InChI is InChI=1S/C12H20O2/c1-12(2,14)11(13)7-10-6-8-3-4-9(10)5-8/h8-10,14H,3-7H2,1-2H3. The molecule has 2 nitrogen and oxygen atoms in total. The van der Waals surface area contributed by atoms with E-state index in [0.29, 0.717) is 12.3 Å². The summed E-state index contributed by atoms with van der Waals surface area (Å²) < 4.78 is 0. The molecule has 0 saturated heterocycles. The molecule has 0 aromatic heterocycles. The van der Waals surface area contributed by atoms with E-state index in [9.17, 15) is 9.90 Å². The minimum atomic E-state index is -1.12. The highest BCUT2D eigenvalue weighted by Gasteiger charge is 2.41. The third-order valence-electron chi connectivity index (χ3n) is 4.01. The van der Waals surface area contributed by atoms with Gasteiger partial charge in [0.2, 0.25) is 0 Å². The molecule has 0 aromatic rings. The van der Waals surface area contributed by atoms with E-state index in [4.69, 9.17) is 0 Å². The minimum Gasteiger partial charge on any atom is -0.383 e. The minimum absolute atomic E-state index is 0.0232. The number of fused-ring (bicyclic) bond motifs is 2. The normalized spacial score (nSPS) is 36.4. The summed E-state index contributed by atoms with van der Waals surface area (Å²) in [5.41, 5.74) is -1.12. The highest BCUT2D eigenvalue weighted by Crippen LogP contribution is 2.49.